The first-order valence-corrected chi connectivity index (χ1v) is 10.4. The molecule has 0 spiro atoms. The van der Waals surface area contributed by atoms with Gasteiger partial charge in [-0.2, -0.15) is 0 Å². The summed E-state index contributed by atoms with van der Waals surface area (Å²) in [5.41, 5.74) is 1.20. The number of nitro groups is 1. The van der Waals surface area contributed by atoms with Crippen molar-refractivity contribution < 1.29 is 28.4 Å². The van der Waals surface area contributed by atoms with E-state index in [0.717, 1.165) is 0 Å². The quantitative estimate of drug-likeness (QED) is 0.399. The minimum absolute atomic E-state index is 0.137. The van der Waals surface area contributed by atoms with Crippen molar-refractivity contribution in [1.82, 2.24) is 0 Å². The molecule has 34 heavy (non-hydrogen) atoms. The van der Waals surface area contributed by atoms with Crippen LogP contribution in [0.25, 0.3) is 0 Å². The number of carbonyl (C=O) groups excluding carboxylic acids is 2. The lowest BCUT2D eigenvalue weighted by Crippen LogP contribution is -2.36. The second-order valence-corrected chi connectivity index (χ2v) is 7.36. The molecule has 1 aliphatic rings. The summed E-state index contributed by atoms with van der Waals surface area (Å²) in [5.74, 6) is -0.522. The van der Waals surface area contributed by atoms with Crippen LogP contribution in [0.3, 0.4) is 0 Å². The predicted molar refractivity (Wildman–Crippen MR) is 124 cm³/mol. The Morgan fingerprint density at radius 1 is 1.06 bits per heavy atom. The minimum Gasteiger partial charge on any atom is -0.494 e. The van der Waals surface area contributed by atoms with Gasteiger partial charge in [0.15, 0.2) is 5.76 Å². The number of nitrogens with zero attached hydrogens (tertiary/aromatic N) is 2. The molecule has 2 amide bonds. The van der Waals surface area contributed by atoms with E-state index < -0.39 is 16.7 Å². The predicted octanol–water partition coefficient (Wildman–Crippen LogP) is 3.54. The summed E-state index contributed by atoms with van der Waals surface area (Å²) < 4.78 is 15.7. The van der Waals surface area contributed by atoms with Crippen molar-refractivity contribution in [1.29, 1.82) is 0 Å². The average Bonchev–Trinajstić information content (AvgIpc) is 3.40. The van der Waals surface area contributed by atoms with Crippen LogP contribution in [0.5, 0.6) is 5.75 Å². The third-order valence-electron chi connectivity index (χ3n) is 5.24. The van der Waals surface area contributed by atoms with Crippen molar-refractivity contribution in [3.05, 3.63) is 76.2 Å². The highest BCUT2D eigenvalue weighted by Gasteiger charge is 2.23. The molecule has 4 rings (SSSR count). The van der Waals surface area contributed by atoms with Crippen LogP contribution in [0.15, 0.2) is 59.2 Å². The van der Waals surface area contributed by atoms with E-state index in [2.05, 4.69) is 10.6 Å². The monoisotopic (exact) mass is 466 g/mol. The van der Waals surface area contributed by atoms with Crippen LogP contribution in [0.1, 0.15) is 20.9 Å². The highest BCUT2D eigenvalue weighted by Crippen LogP contribution is 2.31. The van der Waals surface area contributed by atoms with E-state index in [4.69, 9.17) is 13.9 Å². The SMILES string of the molecule is COc1cc(NC(=O)c2ccc(N3CCOCC3)c([N+](=O)[O-])c2)ccc1NC(=O)c1ccco1. The van der Waals surface area contributed by atoms with Crippen molar-refractivity contribution in [3.63, 3.8) is 0 Å². The van der Waals surface area contributed by atoms with Gasteiger partial charge in [-0.15, -0.1) is 0 Å². The molecule has 0 unspecified atom stereocenters. The lowest BCUT2D eigenvalue weighted by Gasteiger charge is -2.28. The molecule has 0 aliphatic carbocycles. The molecule has 2 aromatic carbocycles. The van der Waals surface area contributed by atoms with Crippen LogP contribution in [0, 0.1) is 10.1 Å². The van der Waals surface area contributed by atoms with E-state index in [9.17, 15) is 19.7 Å². The Kier molecular flexibility index (Phi) is 6.74. The summed E-state index contributed by atoms with van der Waals surface area (Å²) in [6.45, 7) is 2.04. The molecule has 11 nitrogen and oxygen atoms in total. The molecule has 0 bridgehead atoms. The molecule has 0 saturated carbocycles. The van der Waals surface area contributed by atoms with Crippen molar-refractivity contribution in [2.75, 3.05) is 48.9 Å². The van der Waals surface area contributed by atoms with E-state index >= 15 is 0 Å². The lowest BCUT2D eigenvalue weighted by atomic mass is 10.1. The topological polar surface area (TPSA) is 136 Å². The Labute approximate surface area is 194 Å². The Balaban J connectivity index is 1.51. The van der Waals surface area contributed by atoms with Gasteiger partial charge in [0.05, 0.1) is 37.2 Å². The summed E-state index contributed by atoms with van der Waals surface area (Å²) in [4.78, 5) is 38.0. The van der Waals surface area contributed by atoms with Gasteiger partial charge in [-0.3, -0.25) is 19.7 Å². The summed E-state index contributed by atoms with van der Waals surface area (Å²) >= 11 is 0. The molecule has 2 N–H and O–H groups in total. The highest BCUT2D eigenvalue weighted by atomic mass is 16.6. The van der Waals surface area contributed by atoms with Crippen LogP contribution in [0.2, 0.25) is 0 Å². The third-order valence-corrected chi connectivity index (χ3v) is 5.24. The molecular weight excluding hydrogens is 444 g/mol. The number of carbonyl (C=O) groups is 2. The van der Waals surface area contributed by atoms with Crippen molar-refractivity contribution in [3.8, 4) is 5.75 Å². The van der Waals surface area contributed by atoms with Gasteiger partial charge in [0.25, 0.3) is 17.5 Å². The number of furan rings is 1. The number of nitrogens with one attached hydrogen (secondary N) is 2. The number of nitro benzene ring substituents is 1. The number of ether oxygens (including phenoxy) is 2. The number of anilines is 3. The standard InChI is InChI=1S/C23H22N4O7/c1-32-21-14-16(5-6-17(21)25-23(29)20-3-2-10-34-20)24-22(28)15-4-7-18(19(13-15)27(30)31)26-8-11-33-12-9-26/h2-7,10,13-14H,8-9,11-12H2,1H3,(H,24,28)(H,25,29). The van der Waals surface area contributed by atoms with Crippen LogP contribution in [-0.4, -0.2) is 50.2 Å². The summed E-state index contributed by atoms with van der Waals surface area (Å²) in [6, 6.07) is 12.2. The van der Waals surface area contributed by atoms with E-state index in [1.54, 1.807) is 30.3 Å². The Morgan fingerprint density at radius 3 is 2.53 bits per heavy atom. The molecule has 3 aromatic rings. The number of methoxy groups -OCH3 is 1. The van der Waals surface area contributed by atoms with E-state index in [1.807, 2.05) is 4.90 Å². The Bertz CT molecular complexity index is 1200. The maximum Gasteiger partial charge on any atom is 0.293 e. The van der Waals surface area contributed by atoms with Crippen molar-refractivity contribution in [2.24, 2.45) is 0 Å². The fourth-order valence-corrected chi connectivity index (χ4v) is 3.55. The Morgan fingerprint density at radius 2 is 1.85 bits per heavy atom. The fraction of sp³-hybridized carbons (Fsp3) is 0.217. The van der Waals surface area contributed by atoms with Gasteiger partial charge < -0.3 is 29.4 Å². The largest absolute Gasteiger partial charge is 0.494 e. The summed E-state index contributed by atoms with van der Waals surface area (Å²) in [7, 11) is 1.43. The van der Waals surface area contributed by atoms with Gasteiger partial charge in [-0.25, -0.2) is 0 Å². The third kappa shape index (κ3) is 4.99. The molecule has 1 saturated heterocycles. The van der Waals surface area contributed by atoms with E-state index in [1.165, 1.54) is 31.6 Å². The number of hydrogen-bond donors (Lipinski definition) is 2. The molecule has 1 aliphatic heterocycles. The first-order chi connectivity index (χ1) is 16.5. The molecule has 176 valence electrons. The number of rotatable bonds is 7. The zero-order valence-corrected chi connectivity index (χ0v) is 18.3. The van der Waals surface area contributed by atoms with Gasteiger partial charge in [0.1, 0.15) is 11.4 Å². The zero-order valence-electron chi connectivity index (χ0n) is 18.3. The van der Waals surface area contributed by atoms with Crippen LogP contribution >= 0.6 is 0 Å². The molecule has 1 fully saturated rings. The Hall–Kier alpha value is -4.38. The van der Waals surface area contributed by atoms with Crippen molar-refractivity contribution in [2.45, 2.75) is 0 Å². The first kappa shape index (κ1) is 22.8. The van der Waals surface area contributed by atoms with Crippen molar-refractivity contribution >= 4 is 34.6 Å². The number of hydrogen-bond acceptors (Lipinski definition) is 8. The maximum atomic E-state index is 12.8. The highest BCUT2D eigenvalue weighted by molar-refractivity contribution is 6.06. The molecule has 0 atom stereocenters. The molecule has 1 aromatic heterocycles. The number of benzene rings is 2. The molecule has 11 heteroatoms. The van der Waals surface area contributed by atoms with Gasteiger partial charge in [0, 0.05) is 36.5 Å². The van der Waals surface area contributed by atoms with Crippen LogP contribution in [0.4, 0.5) is 22.7 Å². The first-order valence-electron chi connectivity index (χ1n) is 10.4. The van der Waals surface area contributed by atoms with Gasteiger partial charge >= 0.3 is 0 Å². The lowest BCUT2D eigenvalue weighted by molar-refractivity contribution is -0.384. The minimum atomic E-state index is -0.522. The summed E-state index contributed by atoms with van der Waals surface area (Å²) in [6.07, 6.45) is 1.39. The number of amides is 2. The van der Waals surface area contributed by atoms with Gasteiger partial charge in [-0.1, -0.05) is 0 Å². The molecule has 0 radical (unpaired) electrons. The number of morpholine rings is 1. The normalized spacial score (nSPS) is 13.3. The van der Waals surface area contributed by atoms with Crippen LogP contribution in [-0.2, 0) is 4.74 Å². The zero-order chi connectivity index (χ0) is 24.1. The summed E-state index contributed by atoms with van der Waals surface area (Å²) in [5, 5.41) is 17.0. The second-order valence-electron chi connectivity index (χ2n) is 7.36. The molecular formula is C23H22N4O7. The van der Waals surface area contributed by atoms with E-state index in [0.29, 0.717) is 49.1 Å². The van der Waals surface area contributed by atoms with Gasteiger partial charge in [-0.05, 0) is 36.4 Å². The fourth-order valence-electron chi connectivity index (χ4n) is 3.55. The second kappa shape index (κ2) is 10.0. The van der Waals surface area contributed by atoms with E-state index in [-0.39, 0.29) is 17.0 Å². The molecule has 2 heterocycles. The maximum absolute atomic E-state index is 12.8. The average molecular weight is 466 g/mol. The smallest absolute Gasteiger partial charge is 0.293 e. The van der Waals surface area contributed by atoms with Gasteiger partial charge in [0.2, 0.25) is 0 Å². The van der Waals surface area contributed by atoms with Crippen LogP contribution < -0.4 is 20.3 Å².